The van der Waals surface area contributed by atoms with Gasteiger partial charge >= 0.3 is 0 Å². The van der Waals surface area contributed by atoms with E-state index in [1.165, 1.54) is 208 Å². The van der Waals surface area contributed by atoms with E-state index >= 15 is 0 Å². The predicted molar refractivity (Wildman–Crippen MR) is 562 cm³/mol. The Bertz CT molecular complexity index is 9820. The second kappa shape index (κ2) is 28.3. The average molecular weight is 1710 g/mol. The Balaban J connectivity index is 0.000000101. The molecule has 0 fully saturated rings. The molecule has 2 aliphatic carbocycles. The lowest BCUT2D eigenvalue weighted by Gasteiger charge is -2.22. The Labute approximate surface area is 771 Å². The summed E-state index contributed by atoms with van der Waals surface area (Å²) >= 11 is 0. The summed E-state index contributed by atoms with van der Waals surface area (Å²) < 4.78 is 9.44. The third kappa shape index (κ3) is 10.9. The van der Waals surface area contributed by atoms with E-state index in [1.54, 1.807) is 0 Å². The molecule has 7 aromatic heterocycles. The minimum Gasteiger partial charge on any atom is -0.308 e. The third-order valence-corrected chi connectivity index (χ3v) is 29.9. The van der Waals surface area contributed by atoms with Crippen molar-refractivity contribution in [2.45, 2.75) is 52.4 Å². The van der Waals surface area contributed by atoms with E-state index < -0.39 is 0 Å². The number of fused-ring (bicyclic) bond motifs is 19. The molecule has 7 heterocycles. The first kappa shape index (κ1) is 76.0. The van der Waals surface area contributed by atoms with Crippen LogP contribution < -0.4 is 0 Å². The van der Waals surface area contributed by atoms with Crippen LogP contribution in [0.15, 0.2) is 401 Å². The van der Waals surface area contributed by atoms with Crippen LogP contribution in [0.1, 0.15) is 61.2 Å². The molecule has 30 rings (SSSR count). The lowest BCUT2D eigenvalue weighted by atomic mass is 9.81. The molecule has 0 amide bonds. The number of benzene rings is 21. The number of para-hydroxylation sites is 4. The monoisotopic (exact) mass is 1710 g/mol. The summed E-state index contributed by atoms with van der Waals surface area (Å²) in [6.45, 7) is 13.6. The molecular weight excluding hydrogens is 1630 g/mol. The normalized spacial score (nSPS) is 13.3. The fourth-order valence-corrected chi connectivity index (χ4v) is 23.8. The minimum atomic E-state index is -0.0500. The van der Waals surface area contributed by atoms with Crippen LogP contribution in [0, 0.1) is 13.8 Å². The highest BCUT2D eigenvalue weighted by atomic mass is 15.1. The third-order valence-electron chi connectivity index (χ3n) is 29.9. The van der Waals surface area contributed by atoms with Gasteiger partial charge in [-0.15, -0.1) is 0 Å². The van der Waals surface area contributed by atoms with Crippen molar-refractivity contribution in [1.29, 1.82) is 0 Å². The Morgan fingerprint density at radius 3 is 1.27 bits per heavy atom. The van der Waals surface area contributed by atoms with Crippen LogP contribution in [-0.4, -0.2) is 38.2 Å². The van der Waals surface area contributed by atoms with Gasteiger partial charge in [-0.3, -0.25) is 19.5 Å². The van der Waals surface area contributed by atoms with Gasteiger partial charge in [0, 0.05) is 73.4 Å². The number of aromatic nitrogens is 8. The maximum absolute atomic E-state index is 5.14. The number of rotatable bonds is 7. The Kier molecular flexibility index (Phi) is 16.0. The molecule has 0 unspecified atom stereocenters. The highest BCUT2D eigenvalue weighted by Crippen LogP contribution is 2.55. The zero-order valence-corrected chi connectivity index (χ0v) is 74.7. The van der Waals surface area contributed by atoms with Gasteiger partial charge in [0.15, 0.2) is 0 Å². The number of hydrogen-bond donors (Lipinski definition) is 0. The fourth-order valence-electron chi connectivity index (χ4n) is 23.8. The second-order valence-electron chi connectivity index (χ2n) is 38.0. The molecule has 28 aromatic rings. The van der Waals surface area contributed by atoms with Gasteiger partial charge in [0.05, 0.1) is 60.7 Å². The number of aryl methyl sites for hydroxylation is 2. The van der Waals surface area contributed by atoms with Gasteiger partial charge < -0.3 is 13.7 Å². The minimum absolute atomic E-state index is 0.0323. The van der Waals surface area contributed by atoms with Crippen LogP contribution in [0.25, 0.3) is 252 Å². The van der Waals surface area contributed by atoms with Gasteiger partial charge in [0.2, 0.25) is 0 Å². The van der Waals surface area contributed by atoms with Gasteiger partial charge in [-0.2, -0.15) is 0 Å². The molecule has 0 bridgehead atoms. The molecule has 0 atom stereocenters. The summed E-state index contributed by atoms with van der Waals surface area (Å²) in [5.41, 5.74) is 36.0. The Hall–Kier alpha value is -16.9. The van der Waals surface area contributed by atoms with E-state index in [0.717, 1.165) is 78.3 Å². The van der Waals surface area contributed by atoms with Crippen LogP contribution in [0.2, 0.25) is 0 Å². The maximum atomic E-state index is 5.14. The molecule has 21 aromatic carbocycles. The average Bonchev–Trinajstić information content (AvgIpc) is 1.51. The van der Waals surface area contributed by atoms with Crippen molar-refractivity contribution in [3.05, 3.63) is 434 Å². The molecule has 0 saturated heterocycles. The fraction of sp³-hybridized carbons (Fsp3) is 0.0635. The van der Waals surface area contributed by atoms with Crippen molar-refractivity contribution >= 4 is 174 Å². The number of hydrogen-bond acceptors (Lipinski definition) is 4. The molecule has 8 nitrogen and oxygen atoms in total. The topological polar surface area (TPSA) is 71.3 Å². The molecule has 0 aliphatic heterocycles. The predicted octanol–water partition coefficient (Wildman–Crippen LogP) is 32.8. The molecule has 0 N–H and O–H groups in total. The van der Waals surface area contributed by atoms with Crippen molar-refractivity contribution in [1.82, 2.24) is 38.2 Å². The molecule has 0 radical (unpaired) electrons. The van der Waals surface area contributed by atoms with Crippen molar-refractivity contribution in [3.8, 4) is 78.6 Å². The van der Waals surface area contributed by atoms with Gasteiger partial charge in [-0.05, 0) is 298 Å². The van der Waals surface area contributed by atoms with Crippen LogP contribution in [0.4, 0.5) is 0 Å². The van der Waals surface area contributed by atoms with Crippen LogP contribution in [-0.2, 0) is 10.8 Å². The van der Waals surface area contributed by atoms with E-state index in [1.807, 2.05) is 30.6 Å². The second-order valence-corrected chi connectivity index (χ2v) is 38.0. The van der Waals surface area contributed by atoms with Crippen molar-refractivity contribution in [3.63, 3.8) is 0 Å². The molecule has 0 spiro atoms. The lowest BCUT2D eigenvalue weighted by Crippen LogP contribution is -2.15. The van der Waals surface area contributed by atoms with Crippen molar-refractivity contribution in [2.75, 3.05) is 0 Å². The summed E-state index contributed by atoms with van der Waals surface area (Å²) in [7, 11) is 0. The highest BCUT2D eigenvalue weighted by molar-refractivity contribution is 6.37. The molecular formula is C126H84N8. The van der Waals surface area contributed by atoms with Gasteiger partial charge in [-0.25, -0.2) is 4.98 Å². The van der Waals surface area contributed by atoms with Crippen LogP contribution >= 0.6 is 0 Å². The number of imidazole rings is 1. The first-order valence-electron chi connectivity index (χ1n) is 46.5. The summed E-state index contributed by atoms with van der Waals surface area (Å²) in [6.07, 6.45) is 3.92. The lowest BCUT2D eigenvalue weighted by molar-refractivity contribution is 0.660. The van der Waals surface area contributed by atoms with Gasteiger partial charge in [-0.1, -0.05) is 301 Å². The Morgan fingerprint density at radius 2 is 0.649 bits per heavy atom. The SMILES string of the molecule is Cc1ccc2c(n1)c1c3ccc4ccc(-c5ccc6c(c5)C(C)(C)c5ccccc5-6)c5ccc(cc1n2-c1ccccc1)c3c45.Cc1cnc2c3c4ccc5cccc6ccc(cc3n(-c3ccc7c(c3)C(C)(C)c3ccccc3-7)c2c1)c4c65.c1ccc(-c2nc3ccccc3n2-c2ccc(-c3ccc4ccc5c6c(ccc3c46)cc3c5c4ncccc4n3-c3ccccc3)cc2)cc1. The zero-order valence-electron chi connectivity index (χ0n) is 74.7. The van der Waals surface area contributed by atoms with E-state index in [4.69, 9.17) is 19.9 Å². The molecule has 628 valence electrons. The summed E-state index contributed by atoms with van der Waals surface area (Å²) in [4.78, 5) is 20.2. The number of pyridine rings is 3. The van der Waals surface area contributed by atoms with Gasteiger partial charge in [0.25, 0.3) is 0 Å². The highest BCUT2D eigenvalue weighted by Gasteiger charge is 2.38. The van der Waals surface area contributed by atoms with Crippen molar-refractivity contribution < 1.29 is 0 Å². The quantitative estimate of drug-likeness (QED) is 0.149. The standard InChI is InChI=1S/C46H28N4.C43H30N2.C37H26N2/c1-3-10-31(11-4-1)46-48-38-14-7-8-15-39(38)50(46)34-22-17-29(18-23-34)35-24-19-30-20-26-37-43-32(21-25-36(35)42(30)43)28-41-44(37)45-40(16-9-27-47-45)49(41)33-12-5-2-6-13-33;1-25-13-22-37-42(44-25)41-34-21-15-26-14-18-30(27-16-19-32-31-11-7-8-12-35(31)43(2,3)36(32)23-27)33-20-17-28(40(34)39(26)33)24-38(41)45(37)29-9-5-4-6-10-29;1-21-17-32-36(38-20-21)35-28-15-13-23-8-6-7-22-11-12-24(34(28)33(22)23)18-31(35)39(32)25-14-16-27-26-9-4-5-10-29(26)37(2,3)30(27)19-25/h1-28H;4-24H,1-3H3;4-20H,1-3H3. The molecule has 0 saturated carbocycles. The first-order chi connectivity index (χ1) is 65.8. The van der Waals surface area contributed by atoms with E-state index in [-0.39, 0.29) is 10.8 Å². The van der Waals surface area contributed by atoms with Gasteiger partial charge in [0.1, 0.15) is 5.82 Å². The van der Waals surface area contributed by atoms with Crippen LogP contribution in [0.3, 0.4) is 0 Å². The molecule has 2 aliphatic rings. The zero-order chi connectivity index (χ0) is 88.8. The summed E-state index contributed by atoms with van der Waals surface area (Å²) in [6, 6.07) is 142. The van der Waals surface area contributed by atoms with E-state index in [0.29, 0.717) is 0 Å². The number of nitrogens with zero attached hydrogens (tertiary/aromatic N) is 8. The van der Waals surface area contributed by atoms with Crippen LogP contribution in [0.5, 0.6) is 0 Å². The molecule has 8 heteroatoms. The largest absolute Gasteiger partial charge is 0.308 e. The van der Waals surface area contributed by atoms with Crippen molar-refractivity contribution in [2.24, 2.45) is 0 Å². The first-order valence-corrected chi connectivity index (χ1v) is 46.5. The smallest absolute Gasteiger partial charge is 0.145 e. The summed E-state index contributed by atoms with van der Waals surface area (Å²) in [5, 5.41) is 26.8. The van der Waals surface area contributed by atoms with E-state index in [2.05, 4.69) is 430 Å². The Morgan fingerprint density at radius 1 is 0.224 bits per heavy atom. The maximum Gasteiger partial charge on any atom is 0.145 e. The molecule has 134 heavy (non-hydrogen) atoms. The summed E-state index contributed by atoms with van der Waals surface area (Å²) in [5.74, 6) is 0.941. The van der Waals surface area contributed by atoms with E-state index in [9.17, 15) is 0 Å².